The van der Waals surface area contributed by atoms with E-state index in [9.17, 15) is 0 Å². The lowest BCUT2D eigenvalue weighted by molar-refractivity contribution is 0.298. The lowest BCUT2D eigenvalue weighted by Crippen LogP contribution is -2.45. The fourth-order valence-electron chi connectivity index (χ4n) is 2.68. The van der Waals surface area contributed by atoms with E-state index in [2.05, 4.69) is 77.3 Å². The van der Waals surface area contributed by atoms with Crippen molar-refractivity contribution in [2.24, 2.45) is 12.0 Å². The first kappa shape index (κ1) is 22.9. The van der Waals surface area contributed by atoms with E-state index in [0.717, 1.165) is 19.0 Å². The third-order valence-electron chi connectivity index (χ3n) is 4.31. The lowest BCUT2D eigenvalue weighted by atomic mass is 9.91. The van der Waals surface area contributed by atoms with E-state index < -0.39 is 0 Å². The maximum atomic E-state index is 4.36. The topological polar surface area (TPSA) is 57.5 Å². The second kappa shape index (κ2) is 10.3. The molecule has 146 valence electrons. The van der Waals surface area contributed by atoms with Gasteiger partial charge in [-0.05, 0) is 25.5 Å². The minimum atomic E-state index is 0. The zero-order valence-electron chi connectivity index (χ0n) is 16.5. The first-order valence-electron chi connectivity index (χ1n) is 8.47. The molecule has 0 fully saturated rings. The zero-order valence-corrected chi connectivity index (χ0v) is 19.6. The maximum absolute atomic E-state index is 4.36. The van der Waals surface area contributed by atoms with Crippen LogP contribution in [0.25, 0.3) is 0 Å². The Bertz CT molecular complexity index is 678. The molecule has 2 N–H and O–H groups in total. The Balaban J connectivity index is 0.00000338. The van der Waals surface area contributed by atoms with Gasteiger partial charge in [-0.3, -0.25) is 9.67 Å². The molecule has 26 heavy (non-hydrogen) atoms. The molecule has 2 rings (SSSR count). The predicted octanol–water partition coefficient (Wildman–Crippen LogP) is 2.85. The maximum Gasteiger partial charge on any atom is 0.191 e. The van der Waals surface area contributed by atoms with Gasteiger partial charge in [0.05, 0.1) is 12.2 Å². The summed E-state index contributed by atoms with van der Waals surface area (Å²) in [6.45, 7) is 6.08. The van der Waals surface area contributed by atoms with E-state index in [0.29, 0.717) is 0 Å². The molecule has 0 aliphatic carbocycles. The zero-order chi connectivity index (χ0) is 18.4. The highest BCUT2D eigenvalue weighted by Crippen LogP contribution is 2.26. The van der Waals surface area contributed by atoms with Crippen LogP contribution in [-0.2, 0) is 12.5 Å². The molecule has 1 atom stereocenters. The van der Waals surface area contributed by atoms with Crippen molar-refractivity contribution in [1.82, 2.24) is 25.3 Å². The second-order valence-corrected chi connectivity index (χ2v) is 8.04. The van der Waals surface area contributed by atoms with Crippen LogP contribution in [-0.4, -0.2) is 54.9 Å². The van der Waals surface area contributed by atoms with Gasteiger partial charge in [0.25, 0.3) is 0 Å². The molecule has 0 aromatic carbocycles. The van der Waals surface area contributed by atoms with E-state index in [1.165, 1.54) is 10.4 Å². The Kier molecular flexibility index (Phi) is 9.05. The minimum absolute atomic E-state index is 0. The molecular formula is C18H31IN6S. The van der Waals surface area contributed by atoms with Crippen LogP contribution in [0.4, 0.5) is 0 Å². The summed E-state index contributed by atoms with van der Waals surface area (Å²) in [6, 6.07) is 4.52. The summed E-state index contributed by atoms with van der Waals surface area (Å²) in [5, 5.41) is 13.3. The number of hydrogen-bond acceptors (Lipinski definition) is 4. The van der Waals surface area contributed by atoms with E-state index in [1.807, 2.05) is 25.0 Å². The molecule has 0 saturated carbocycles. The molecule has 0 saturated heterocycles. The number of nitrogens with one attached hydrogen (secondary N) is 2. The Hall–Kier alpha value is -1.13. The number of rotatable bonds is 7. The van der Waals surface area contributed by atoms with E-state index >= 15 is 0 Å². The number of halogens is 1. The number of thiophene rings is 1. The van der Waals surface area contributed by atoms with E-state index in [-0.39, 0.29) is 35.4 Å². The molecule has 0 radical (unpaired) electrons. The highest BCUT2D eigenvalue weighted by atomic mass is 127. The van der Waals surface area contributed by atoms with Crippen LogP contribution >= 0.6 is 35.3 Å². The van der Waals surface area contributed by atoms with Gasteiger partial charge in [0, 0.05) is 49.2 Å². The molecule has 2 aromatic heterocycles. The third kappa shape index (κ3) is 6.24. The lowest BCUT2D eigenvalue weighted by Gasteiger charge is -2.27. The molecular weight excluding hydrogens is 459 g/mol. The third-order valence-corrected chi connectivity index (χ3v) is 5.54. The summed E-state index contributed by atoms with van der Waals surface area (Å²) < 4.78 is 1.84. The number of likely N-dealkylation sites (N-methyl/N-ethyl adjacent to an activating group) is 1. The fraction of sp³-hybridized carbons (Fsp3) is 0.556. The van der Waals surface area contributed by atoms with E-state index in [1.54, 1.807) is 11.3 Å². The molecule has 0 aliphatic rings. The predicted molar refractivity (Wildman–Crippen MR) is 122 cm³/mol. The molecule has 2 heterocycles. The summed E-state index contributed by atoms with van der Waals surface area (Å²) >= 11 is 1.79. The Labute approximate surface area is 178 Å². The average molecular weight is 490 g/mol. The molecule has 8 heteroatoms. The number of aromatic nitrogens is 2. The van der Waals surface area contributed by atoms with Crippen LogP contribution in [0.2, 0.25) is 0 Å². The van der Waals surface area contributed by atoms with Gasteiger partial charge in [-0.1, -0.05) is 19.9 Å². The average Bonchev–Trinajstić information content (AvgIpc) is 3.22. The van der Waals surface area contributed by atoms with Crippen molar-refractivity contribution in [2.45, 2.75) is 25.3 Å². The van der Waals surface area contributed by atoms with Crippen molar-refractivity contribution < 1.29 is 0 Å². The summed E-state index contributed by atoms with van der Waals surface area (Å²) in [6.07, 6.45) is 3.98. The van der Waals surface area contributed by atoms with Gasteiger partial charge in [0.1, 0.15) is 0 Å². The van der Waals surface area contributed by atoms with E-state index in [4.69, 9.17) is 0 Å². The monoisotopic (exact) mass is 490 g/mol. The molecule has 2 aromatic rings. The summed E-state index contributed by atoms with van der Waals surface area (Å²) in [7, 11) is 7.91. The van der Waals surface area contributed by atoms with Crippen molar-refractivity contribution in [1.29, 1.82) is 0 Å². The van der Waals surface area contributed by atoms with Gasteiger partial charge >= 0.3 is 0 Å². The van der Waals surface area contributed by atoms with Crippen LogP contribution in [0, 0.1) is 0 Å². The molecule has 0 amide bonds. The van der Waals surface area contributed by atoms with Crippen molar-refractivity contribution >= 4 is 41.3 Å². The van der Waals surface area contributed by atoms with Crippen molar-refractivity contribution in [3.63, 3.8) is 0 Å². The van der Waals surface area contributed by atoms with Crippen LogP contribution in [0.15, 0.2) is 34.9 Å². The van der Waals surface area contributed by atoms with Crippen LogP contribution in [0.3, 0.4) is 0 Å². The smallest absolute Gasteiger partial charge is 0.191 e. The highest BCUT2D eigenvalue weighted by molar-refractivity contribution is 14.0. The Morgan fingerprint density at radius 3 is 2.62 bits per heavy atom. The highest BCUT2D eigenvalue weighted by Gasteiger charge is 2.22. The normalized spacial score (nSPS) is 13.4. The van der Waals surface area contributed by atoms with Crippen molar-refractivity contribution in [3.8, 4) is 0 Å². The summed E-state index contributed by atoms with van der Waals surface area (Å²) in [5.41, 5.74) is 1.25. The van der Waals surface area contributed by atoms with Gasteiger partial charge in [0.15, 0.2) is 5.96 Å². The number of hydrogen-bond donors (Lipinski definition) is 2. The summed E-state index contributed by atoms with van der Waals surface area (Å²) in [4.78, 5) is 7.92. The standard InChI is InChI=1S/C18H30N6S.HI/c1-18(2,16-8-7-9-25-16)13-21-17(19-3)20-11-15(23(4)5)14-10-22-24(6)12-14;/h7-10,12,15H,11,13H2,1-6H3,(H2,19,20,21);1H. The molecule has 0 spiro atoms. The molecule has 1 unspecified atom stereocenters. The van der Waals surface area contributed by atoms with Gasteiger partial charge in [-0.2, -0.15) is 5.10 Å². The van der Waals surface area contributed by atoms with Crippen molar-refractivity contribution in [2.75, 3.05) is 34.2 Å². The van der Waals surface area contributed by atoms with Gasteiger partial charge < -0.3 is 15.5 Å². The Morgan fingerprint density at radius 1 is 1.38 bits per heavy atom. The quantitative estimate of drug-likeness (QED) is 0.356. The van der Waals surface area contributed by atoms with Gasteiger partial charge in [-0.15, -0.1) is 35.3 Å². The largest absolute Gasteiger partial charge is 0.356 e. The van der Waals surface area contributed by atoms with Gasteiger partial charge in [0.2, 0.25) is 0 Å². The molecule has 0 aliphatic heterocycles. The van der Waals surface area contributed by atoms with Crippen LogP contribution in [0.5, 0.6) is 0 Å². The molecule has 6 nitrogen and oxygen atoms in total. The van der Waals surface area contributed by atoms with Crippen LogP contribution in [0.1, 0.15) is 30.3 Å². The number of nitrogens with zero attached hydrogens (tertiary/aromatic N) is 4. The Morgan fingerprint density at radius 2 is 2.12 bits per heavy atom. The minimum Gasteiger partial charge on any atom is -0.356 e. The number of aryl methyl sites for hydroxylation is 1. The second-order valence-electron chi connectivity index (χ2n) is 7.09. The van der Waals surface area contributed by atoms with Gasteiger partial charge in [-0.25, -0.2) is 0 Å². The fourth-order valence-corrected chi connectivity index (χ4v) is 3.53. The van der Waals surface area contributed by atoms with Crippen LogP contribution < -0.4 is 10.6 Å². The van der Waals surface area contributed by atoms with Crippen molar-refractivity contribution in [3.05, 3.63) is 40.3 Å². The first-order chi connectivity index (χ1) is 11.8. The SMILES string of the molecule is CN=C(NCC(c1cnn(C)c1)N(C)C)NCC(C)(C)c1cccs1.I. The summed E-state index contributed by atoms with van der Waals surface area (Å²) in [5.74, 6) is 0.820. The molecule has 0 bridgehead atoms. The number of aliphatic imine (C=N–C) groups is 1. The number of guanidine groups is 1. The first-order valence-corrected chi connectivity index (χ1v) is 9.35.